The second-order valence-electron chi connectivity index (χ2n) is 7.16. The van der Waals surface area contributed by atoms with Crippen LogP contribution in [-0.4, -0.2) is 38.5 Å². The topological polar surface area (TPSA) is 88.2 Å². The van der Waals surface area contributed by atoms with E-state index in [0.717, 1.165) is 35.1 Å². The van der Waals surface area contributed by atoms with E-state index >= 15 is 0 Å². The second kappa shape index (κ2) is 8.05. The fraction of sp³-hybridized carbons (Fsp3) is 0.318. The predicted molar refractivity (Wildman–Crippen MR) is 110 cm³/mol. The molecule has 0 radical (unpaired) electrons. The van der Waals surface area contributed by atoms with E-state index < -0.39 is 0 Å². The van der Waals surface area contributed by atoms with Gasteiger partial charge in [-0.05, 0) is 45.0 Å². The Balaban J connectivity index is 1.58. The number of aromatic nitrogens is 3. The fourth-order valence-electron chi connectivity index (χ4n) is 3.66. The fourth-order valence-corrected chi connectivity index (χ4v) is 3.66. The quantitative estimate of drug-likeness (QED) is 0.441. The maximum absolute atomic E-state index is 13.4. The predicted octanol–water partition coefficient (Wildman–Crippen LogP) is 4.60. The Hall–Kier alpha value is -3.19. The summed E-state index contributed by atoms with van der Waals surface area (Å²) >= 11 is 0. The molecule has 150 valence electrons. The van der Waals surface area contributed by atoms with Gasteiger partial charge in [0.1, 0.15) is 0 Å². The molecule has 0 fully saturated rings. The molecule has 1 aromatic carbocycles. The van der Waals surface area contributed by atoms with E-state index in [1.54, 1.807) is 18.4 Å². The Morgan fingerprint density at radius 3 is 2.79 bits per heavy atom. The number of furan rings is 1. The van der Waals surface area contributed by atoms with Gasteiger partial charge >= 0.3 is 0 Å². The maximum atomic E-state index is 13.4. The number of fused-ring (bicyclic) bond motifs is 1. The van der Waals surface area contributed by atoms with Gasteiger partial charge in [-0.25, -0.2) is 0 Å². The van der Waals surface area contributed by atoms with Crippen LogP contribution < -0.4 is 0 Å². The first-order valence-corrected chi connectivity index (χ1v) is 9.80. The summed E-state index contributed by atoms with van der Waals surface area (Å²) in [5.41, 5.74) is 2.61. The Morgan fingerprint density at radius 1 is 1.21 bits per heavy atom. The summed E-state index contributed by atoms with van der Waals surface area (Å²) in [4.78, 5) is 18.8. The standard InChI is InChI=1S/C22H24N4O3/c1-4-11-26(13-19-24-25-22(29-19)18-10-7-12-28-18)15(3)21(27)20-14(2)23-17-9-6-5-8-16(17)20/h5-10,12,15,23H,4,11,13H2,1-3H3/t15-/m0/s1. The third kappa shape index (κ3) is 3.73. The van der Waals surface area contributed by atoms with Crippen molar-refractivity contribution in [1.82, 2.24) is 20.1 Å². The van der Waals surface area contributed by atoms with Crippen LogP contribution in [-0.2, 0) is 6.54 Å². The Morgan fingerprint density at radius 2 is 2.03 bits per heavy atom. The smallest absolute Gasteiger partial charge is 0.283 e. The Kier molecular flexibility index (Phi) is 5.31. The minimum Gasteiger partial charge on any atom is -0.459 e. The van der Waals surface area contributed by atoms with Crippen molar-refractivity contribution in [2.24, 2.45) is 0 Å². The monoisotopic (exact) mass is 392 g/mol. The molecule has 3 heterocycles. The third-order valence-corrected chi connectivity index (χ3v) is 5.12. The van der Waals surface area contributed by atoms with Crippen LogP contribution in [0.4, 0.5) is 0 Å². The number of Topliss-reactive ketones (excluding diaryl/α,β-unsaturated/α-hetero) is 1. The molecule has 0 saturated heterocycles. The first-order valence-electron chi connectivity index (χ1n) is 9.80. The van der Waals surface area contributed by atoms with Crippen LogP contribution in [0.1, 0.15) is 42.2 Å². The molecule has 0 saturated carbocycles. The lowest BCUT2D eigenvalue weighted by molar-refractivity contribution is 0.0816. The van der Waals surface area contributed by atoms with Crippen molar-refractivity contribution in [3.63, 3.8) is 0 Å². The lowest BCUT2D eigenvalue weighted by Crippen LogP contribution is -2.39. The molecule has 1 N–H and O–H groups in total. The highest BCUT2D eigenvalue weighted by molar-refractivity contribution is 6.11. The summed E-state index contributed by atoms with van der Waals surface area (Å²) in [6, 6.07) is 11.1. The number of carbonyl (C=O) groups is 1. The van der Waals surface area contributed by atoms with E-state index in [1.807, 2.05) is 38.1 Å². The number of para-hydroxylation sites is 1. The van der Waals surface area contributed by atoms with E-state index in [4.69, 9.17) is 8.83 Å². The molecule has 0 aliphatic carbocycles. The maximum Gasteiger partial charge on any atom is 0.283 e. The van der Waals surface area contributed by atoms with Gasteiger partial charge < -0.3 is 13.8 Å². The number of carbonyl (C=O) groups excluding carboxylic acids is 1. The molecule has 0 unspecified atom stereocenters. The molecule has 0 aliphatic rings. The molecule has 0 bridgehead atoms. The van der Waals surface area contributed by atoms with E-state index in [2.05, 4.69) is 27.0 Å². The van der Waals surface area contributed by atoms with E-state index in [-0.39, 0.29) is 11.8 Å². The minimum atomic E-state index is -0.327. The Labute approximate surface area is 168 Å². The lowest BCUT2D eigenvalue weighted by Gasteiger charge is -2.26. The third-order valence-electron chi connectivity index (χ3n) is 5.12. The summed E-state index contributed by atoms with van der Waals surface area (Å²) in [6.07, 6.45) is 2.47. The zero-order valence-corrected chi connectivity index (χ0v) is 16.8. The zero-order valence-electron chi connectivity index (χ0n) is 16.8. The minimum absolute atomic E-state index is 0.0826. The average molecular weight is 392 g/mol. The average Bonchev–Trinajstić information content (AvgIpc) is 3.45. The summed E-state index contributed by atoms with van der Waals surface area (Å²) in [6.45, 7) is 7.10. The van der Waals surface area contributed by atoms with Gasteiger partial charge in [0.15, 0.2) is 11.5 Å². The van der Waals surface area contributed by atoms with Crippen LogP contribution >= 0.6 is 0 Å². The highest BCUT2D eigenvalue weighted by Gasteiger charge is 2.27. The van der Waals surface area contributed by atoms with E-state index in [9.17, 15) is 4.79 Å². The van der Waals surface area contributed by atoms with E-state index in [1.165, 1.54) is 0 Å². The SMILES string of the molecule is CCCN(Cc1nnc(-c2ccco2)o1)[C@@H](C)C(=O)c1c(C)[nH]c2ccccc12. The molecule has 4 aromatic rings. The number of ketones is 1. The molecule has 0 amide bonds. The molecule has 0 spiro atoms. The van der Waals surface area contributed by atoms with Crippen LogP contribution in [0.5, 0.6) is 0 Å². The molecule has 1 atom stereocenters. The van der Waals surface area contributed by atoms with Crippen LogP contribution in [0.25, 0.3) is 22.6 Å². The number of hydrogen-bond acceptors (Lipinski definition) is 6. The largest absolute Gasteiger partial charge is 0.459 e. The van der Waals surface area contributed by atoms with Crippen molar-refractivity contribution in [3.05, 3.63) is 59.8 Å². The number of benzene rings is 1. The second-order valence-corrected chi connectivity index (χ2v) is 7.16. The molecule has 0 aliphatic heterocycles. The van der Waals surface area contributed by atoms with Gasteiger partial charge in [-0.2, -0.15) is 0 Å². The Bertz CT molecular complexity index is 1110. The number of hydrogen-bond donors (Lipinski definition) is 1. The molecular formula is C22H24N4O3. The first kappa shape index (κ1) is 19.1. The number of aromatic amines is 1. The normalized spacial score (nSPS) is 12.7. The van der Waals surface area contributed by atoms with Crippen LogP contribution in [0, 0.1) is 6.92 Å². The van der Waals surface area contributed by atoms with Gasteiger partial charge in [-0.15, -0.1) is 10.2 Å². The van der Waals surface area contributed by atoms with Gasteiger partial charge in [0, 0.05) is 22.2 Å². The molecule has 29 heavy (non-hydrogen) atoms. The first-order chi connectivity index (χ1) is 14.1. The summed E-state index contributed by atoms with van der Waals surface area (Å²) in [7, 11) is 0. The van der Waals surface area contributed by atoms with Crippen molar-refractivity contribution in [3.8, 4) is 11.7 Å². The summed E-state index contributed by atoms with van der Waals surface area (Å²) in [5.74, 6) is 1.41. The van der Waals surface area contributed by atoms with Crippen LogP contribution in [0.3, 0.4) is 0 Å². The lowest BCUT2D eigenvalue weighted by atomic mass is 10.0. The van der Waals surface area contributed by atoms with Gasteiger partial charge in [-0.1, -0.05) is 25.1 Å². The van der Waals surface area contributed by atoms with Crippen molar-refractivity contribution in [2.45, 2.75) is 39.8 Å². The van der Waals surface area contributed by atoms with Crippen LogP contribution in [0.15, 0.2) is 51.5 Å². The van der Waals surface area contributed by atoms with Gasteiger partial charge in [0.25, 0.3) is 5.89 Å². The molecule has 3 aromatic heterocycles. The van der Waals surface area contributed by atoms with E-state index in [0.29, 0.717) is 24.1 Å². The number of H-pyrrole nitrogens is 1. The van der Waals surface area contributed by atoms with Gasteiger partial charge in [0.2, 0.25) is 5.89 Å². The molecule has 7 heteroatoms. The van der Waals surface area contributed by atoms with Crippen molar-refractivity contribution in [1.29, 1.82) is 0 Å². The van der Waals surface area contributed by atoms with Crippen LogP contribution in [0.2, 0.25) is 0 Å². The number of nitrogens with zero attached hydrogens (tertiary/aromatic N) is 3. The molecule has 4 rings (SSSR count). The van der Waals surface area contributed by atoms with Gasteiger partial charge in [0.05, 0.1) is 18.8 Å². The zero-order chi connectivity index (χ0) is 20.4. The van der Waals surface area contributed by atoms with Crippen molar-refractivity contribution in [2.75, 3.05) is 6.54 Å². The molecule has 7 nitrogen and oxygen atoms in total. The summed E-state index contributed by atoms with van der Waals surface area (Å²) < 4.78 is 11.1. The highest BCUT2D eigenvalue weighted by atomic mass is 16.4. The van der Waals surface area contributed by atoms with Crippen molar-refractivity contribution >= 4 is 16.7 Å². The number of rotatable bonds is 8. The van der Waals surface area contributed by atoms with Crippen molar-refractivity contribution < 1.29 is 13.6 Å². The highest BCUT2D eigenvalue weighted by Crippen LogP contribution is 2.25. The molecular weight excluding hydrogens is 368 g/mol. The number of nitrogens with one attached hydrogen (secondary N) is 1. The van der Waals surface area contributed by atoms with Gasteiger partial charge in [-0.3, -0.25) is 9.69 Å². The summed E-state index contributed by atoms with van der Waals surface area (Å²) in [5, 5.41) is 9.14. The number of aryl methyl sites for hydroxylation is 1.